The first-order chi connectivity index (χ1) is 15.0. The molecule has 0 atom stereocenters. The lowest BCUT2D eigenvalue weighted by atomic mass is 10.1. The number of thiocarbonyl (C=S) groups is 1. The van der Waals surface area contributed by atoms with Crippen LogP contribution in [-0.2, 0) is 4.79 Å². The molecule has 31 heavy (non-hydrogen) atoms. The monoisotopic (exact) mass is 447 g/mol. The summed E-state index contributed by atoms with van der Waals surface area (Å²) < 4.78 is 5.88. The summed E-state index contributed by atoms with van der Waals surface area (Å²) in [6.07, 6.45) is 3.10. The summed E-state index contributed by atoms with van der Waals surface area (Å²) in [6, 6.07) is 20.5. The highest BCUT2D eigenvalue weighted by atomic mass is 35.5. The van der Waals surface area contributed by atoms with Gasteiger partial charge in [-0.3, -0.25) is 10.1 Å². The van der Waals surface area contributed by atoms with Gasteiger partial charge in [0.2, 0.25) is 11.8 Å². The van der Waals surface area contributed by atoms with Crippen LogP contribution in [0.3, 0.4) is 0 Å². The van der Waals surface area contributed by atoms with Crippen LogP contribution < -0.4 is 10.6 Å². The van der Waals surface area contributed by atoms with E-state index < -0.39 is 0 Å². The van der Waals surface area contributed by atoms with E-state index >= 15 is 0 Å². The maximum atomic E-state index is 12.2. The van der Waals surface area contributed by atoms with Gasteiger partial charge in [0, 0.05) is 22.3 Å². The van der Waals surface area contributed by atoms with E-state index in [0.29, 0.717) is 10.9 Å². The van der Waals surface area contributed by atoms with Crippen molar-refractivity contribution in [3.05, 3.63) is 89.0 Å². The van der Waals surface area contributed by atoms with Gasteiger partial charge in [-0.1, -0.05) is 41.9 Å². The Labute approximate surface area is 189 Å². The number of nitrogens with zero attached hydrogens (tertiary/aromatic N) is 1. The van der Waals surface area contributed by atoms with Gasteiger partial charge in [-0.05, 0) is 72.7 Å². The average Bonchev–Trinajstić information content (AvgIpc) is 3.19. The zero-order chi connectivity index (χ0) is 21.8. The number of hydrogen-bond donors (Lipinski definition) is 2. The fraction of sp³-hybridized carbons (Fsp3) is 0.0417. The Morgan fingerprint density at radius 1 is 1.06 bits per heavy atom. The number of anilines is 1. The average molecular weight is 448 g/mol. The maximum Gasteiger partial charge on any atom is 0.250 e. The standard InChI is InChI=1S/C24H18ClN3O2S/c1-15-18(23-26-20-6-2-3-8-21(20)30-23)5-4-7-19(15)27-24(31)28-22(29)14-11-16-9-12-17(25)13-10-16/h2-14H,1H3,(H2,27,28,29,31). The van der Waals surface area contributed by atoms with Crippen LogP contribution in [0, 0.1) is 6.92 Å². The molecule has 4 aromatic rings. The van der Waals surface area contributed by atoms with Crippen LogP contribution in [0.15, 0.2) is 77.2 Å². The number of rotatable bonds is 4. The molecule has 2 N–H and O–H groups in total. The zero-order valence-electron chi connectivity index (χ0n) is 16.6. The van der Waals surface area contributed by atoms with Crippen molar-refractivity contribution in [2.45, 2.75) is 6.92 Å². The minimum atomic E-state index is -0.333. The van der Waals surface area contributed by atoms with Gasteiger partial charge in [0.05, 0.1) is 0 Å². The highest BCUT2D eigenvalue weighted by Gasteiger charge is 2.13. The number of nitrogens with one attached hydrogen (secondary N) is 2. The number of amides is 1. The number of benzene rings is 3. The predicted octanol–water partition coefficient (Wildman–Crippen LogP) is 5.98. The van der Waals surface area contributed by atoms with Gasteiger partial charge in [-0.15, -0.1) is 0 Å². The third-order valence-corrected chi connectivity index (χ3v) is 5.10. The molecule has 1 amide bonds. The molecule has 0 bridgehead atoms. The van der Waals surface area contributed by atoms with Crippen LogP contribution >= 0.6 is 23.8 Å². The van der Waals surface area contributed by atoms with E-state index in [4.69, 9.17) is 28.2 Å². The number of fused-ring (bicyclic) bond motifs is 1. The molecule has 0 radical (unpaired) electrons. The second-order valence-corrected chi connectivity index (χ2v) is 7.64. The van der Waals surface area contributed by atoms with Crippen molar-refractivity contribution < 1.29 is 9.21 Å². The lowest BCUT2D eigenvalue weighted by Gasteiger charge is -2.12. The van der Waals surface area contributed by atoms with Crippen LogP contribution in [0.4, 0.5) is 5.69 Å². The van der Waals surface area contributed by atoms with E-state index in [0.717, 1.165) is 33.5 Å². The summed E-state index contributed by atoms with van der Waals surface area (Å²) in [4.78, 5) is 16.7. The van der Waals surface area contributed by atoms with E-state index in [1.165, 1.54) is 6.08 Å². The molecule has 4 rings (SSSR count). The number of hydrogen-bond acceptors (Lipinski definition) is 4. The summed E-state index contributed by atoms with van der Waals surface area (Å²) in [5.74, 6) is 0.198. The quantitative estimate of drug-likeness (QED) is 0.297. The van der Waals surface area contributed by atoms with Gasteiger partial charge in [0.15, 0.2) is 10.7 Å². The number of halogens is 1. The second kappa shape index (κ2) is 9.12. The Morgan fingerprint density at radius 2 is 1.84 bits per heavy atom. The molecule has 0 saturated carbocycles. The first kappa shape index (κ1) is 20.8. The van der Waals surface area contributed by atoms with Crippen LogP contribution in [-0.4, -0.2) is 16.0 Å². The van der Waals surface area contributed by atoms with E-state index in [9.17, 15) is 4.79 Å². The molecule has 1 aromatic heterocycles. The summed E-state index contributed by atoms with van der Waals surface area (Å²) in [5.41, 5.74) is 4.89. The summed E-state index contributed by atoms with van der Waals surface area (Å²) in [5, 5.41) is 6.56. The summed E-state index contributed by atoms with van der Waals surface area (Å²) in [6.45, 7) is 1.94. The Bertz CT molecular complexity index is 1260. The Hall–Kier alpha value is -3.48. The molecule has 3 aromatic carbocycles. The molecule has 0 unspecified atom stereocenters. The van der Waals surface area contributed by atoms with E-state index in [1.807, 2.05) is 61.5 Å². The highest BCUT2D eigenvalue weighted by molar-refractivity contribution is 7.80. The number of para-hydroxylation sites is 2. The molecule has 154 valence electrons. The summed E-state index contributed by atoms with van der Waals surface area (Å²) >= 11 is 11.2. The maximum absolute atomic E-state index is 12.2. The van der Waals surface area contributed by atoms with Gasteiger partial charge in [-0.25, -0.2) is 4.98 Å². The van der Waals surface area contributed by atoms with Crippen molar-refractivity contribution in [1.29, 1.82) is 0 Å². The van der Waals surface area contributed by atoms with Crippen LogP contribution in [0.1, 0.15) is 11.1 Å². The normalized spacial score (nSPS) is 11.0. The minimum absolute atomic E-state index is 0.198. The smallest absolute Gasteiger partial charge is 0.250 e. The molecule has 0 fully saturated rings. The Balaban J connectivity index is 1.45. The molecule has 0 aliphatic heterocycles. The third-order valence-electron chi connectivity index (χ3n) is 4.64. The van der Waals surface area contributed by atoms with E-state index in [-0.39, 0.29) is 11.0 Å². The van der Waals surface area contributed by atoms with Crippen molar-refractivity contribution in [1.82, 2.24) is 10.3 Å². The number of aromatic nitrogens is 1. The molecule has 0 aliphatic rings. The molecule has 0 saturated heterocycles. The molecular formula is C24H18ClN3O2S. The topological polar surface area (TPSA) is 67.2 Å². The molecular weight excluding hydrogens is 430 g/mol. The van der Waals surface area contributed by atoms with Gasteiger partial charge < -0.3 is 9.73 Å². The number of carbonyl (C=O) groups is 1. The first-order valence-corrected chi connectivity index (χ1v) is 10.3. The Kier molecular flexibility index (Phi) is 6.11. The van der Waals surface area contributed by atoms with Gasteiger partial charge in [0.25, 0.3) is 0 Å². The van der Waals surface area contributed by atoms with Gasteiger partial charge in [0.1, 0.15) is 5.52 Å². The summed E-state index contributed by atoms with van der Waals surface area (Å²) in [7, 11) is 0. The Morgan fingerprint density at radius 3 is 2.61 bits per heavy atom. The van der Waals surface area contributed by atoms with Gasteiger partial charge >= 0.3 is 0 Å². The SMILES string of the molecule is Cc1c(NC(=S)NC(=O)C=Cc2ccc(Cl)cc2)cccc1-c1nc2ccccc2o1. The fourth-order valence-electron chi connectivity index (χ4n) is 3.04. The van der Waals surface area contributed by atoms with Crippen molar-refractivity contribution in [2.75, 3.05) is 5.32 Å². The van der Waals surface area contributed by atoms with Crippen molar-refractivity contribution in [2.24, 2.45) is 0 Å². The van der Waals surface area contributed by atoms with Gasteiger partial charge in [-0.2, -0.15) is 0 Å². The second-order valence-electron chi connectivity index (χ2n) is 6.79. The number of carbonyl (C=O) groups excluding carboxylic acids is 1. The molecule has 1 heterocycles. The van der Waals surface area contributed by atoms with E-state index in [2.05, 4.69) is 15.6 Å². The van der Waals surface area contributed by atoms with Crippen molar-refractivity contribution >= 4 is 57.7 Å². The third kappa shape index (κ3) is 4.99. The lowest BCUT2D eigenvalue weighted by molar-refractivity contribution is -0.115. The predicted molar refractivity (Wildman–Crippen MR) is 129 cm³/mol. The largest absolute Gasteiger partial charge is 0.436 e. The zero-order valence-corrected chi connectivity index (χ0v) is 18.1. The molecule has 5 nitrogen and oxygen atoms in total. The van der Waals surface area contributed by atoms with Crippen LogP contribution in [0.5, 0.6) is 0 Å². The molecule has 0 spiro atoms. The van der Waals surface area contributed by atoms with E-state index in [1.54, 1.807) is 18.2 Å². The molecule has 7 heteroatoms. The van der Waals surface area contributed by atoms with Crippen molar-refractivity contribution in [3.63, 3.8) is 0 Å². The molecule has 0 aliphatic carbocycles. The number of oxazole rings is 1. The van der Waals surface area contributed by atoms with Crippen LogP contribution in [0.2, 0.25) is 5.02 Å². The fourth-order valence-corrected chi connectivity index (χ4v) is 3.38. The minimum Gasteiger partial charge on any atom is -0.436 e. The van der Waals surface area contributed by atoms with Crippen molar-refractivity contribution in [3.8, 4) is 11.5 Å². The highest BCUT2D eigenvalue weighted by Crippen LogP contribution is 2.30. The first-order valence-electron chi connectivity index (χ1n) is 9.51. The lowest BCUT2D eigenvalue weighted by Crippen LogP contribution is -2.33. The van der Waals surface area contributed by atoms with Crippen LogP contribution in [0.25, 0.3) is 28.6 Å².